The van der Waals surface area contributed by atoms with Gasteiger partial charge < -0.3 is 15.0 Å². The molecule has 0 bridgehead atoms. The molecule has 7 nitrogen and oxygen atoms in total. The Morgan fingerprint density at radius 3 is 2.55 bits per heavy atom. The smallest absolute Gasteiger partial charge is 0.317 e. The summed E-state index contributed by atoms with van der Waals surface area (Å²) >= 11 is 0. The molecule has 1 N–H and O–H groups in total. The van der Waals surface area contributed by atoms with E-state index < -0.39 is 0 Å². The zero-order valence-electron chi connectivity index (χ0n) is 19.6. The van der Waals surface area contributed by atoms with Crippen molar-refractivity contribution >= 4 is 17.6 Å². The number of ether oxygens (including phenoxy) is 1. The fraction of sp³-hybridized carbons (Fsp3) is 0.400. The molecule has 176 valence electrons. The van der Waals surface area contributed by atoms with E-state index in [9.17, 15) is 14.0 Å². The topological polar surface area (TPSA) is 74.2 Å². The van der Waals surface area contributed by atoms with Gasteiger partial charge in [0.05, 0.1) is 18.4 Å². The number of hydrogen-bond donors (Lipinski definition) is 1. The summed E-state index contributed by atoms with van der Waals surface area (Å²) in [5, 5.41) is 8.82. The van der Waals surface area contributed by atoms with Gasteiger partial charge in [-0.15, -0.1) is 0 Å². The molecule has 1 heterocycles. The first-order valence-electron chi connectivity index (χ1n) is 11.1. The number of urea groups is 1. The molecule has 1 aliphatic rings. The minimum atomic E-state index is -0.381. The van der Waals surface area contributed by atoms with E-state index in [0.717, 1.165) is 22.4 Å². The maximum absolute atomic E-state index is 13.5. The fourth-order valence-electron chi connectivity index (χ4n) is 3.73. The van der Waals surface area contributed by atoms with Crippen LogP contribution in [0.1, 0.15) is 41.6 Å². The Labute approximate surface area is 194 Å². The van der Waals surface area contributed by atoms with Gasteiger partial charge in [0.1, 0.15) is 12.4 Å². The van der Waals surface area contributed by atoms with Gasteiger partial charge in [-0.25, -0.2) is 14.2 Å². The number of benzene rings is 2. The van der Waals surface area contributed by atoms with Gasteiger partial charge in [0.2, 0.25) is 0 Å². The molecule has 3 rings (SSSR count). The van der Waals surface area contributed by atoms with Crippen molar-refractivity contribution in [2.24, 2.45) is 5.10 Å². The molecule has 8 heteroatoms. The molecule has 1 aliphatic heterocycles. The van der Waals surface area contributed by atoms with E-state index >= 15 is 0 Å². The summed E-state index contributed by atoms with van der Waals surface area (Å²) in [6.45, 7) is 6.79. The van der Waals surface area contributed by atoms with Crippen LogP contribution in [0.25, 0.3) is 0 Å². The van der Waals surface area contributed by atoms with Crippen molar-refractivity contribution < 1.29 is 18.7 Å². The number of nitrogens with one attached hydrogen (secondary N) is 1. The van der Waals surface area contributed by atoms with Crippen LogP contribution in [0, 0.1) is 19.7 Å². The highest BCUT2D eigenvalue weighted by Crippen LogP contribution is 2.33. The Bertz CT molecular complexity index is 1020. The summed E-state index contributed by atoms with van der Waals surface area (Å²) in [6.07, 6.45) is 0.499. The quantitative estimate of drug-likeness (QED) is 0.659. The normalized spacial score (nSPS) is 15.4. The van der Waals surface area contributed by atoms with E-state index in [1.54, 1.807) is 19.2 Å². The van der Waals surface area contributed by atoms with Gasteiger partial charge in [-0.05, 0) is 61.2 Å². The lowest BCUT2D eigenvalue weighted by Crippen LogP contribution is -2.47. The van der Waals surface area contributed by atoms with Gasteiger partial charge in [0, 0.05) is 26.6 Å². The number of carbonyl (C=O) groups is 2. The minimum Gasteiger partial charge on any atom is -0.383 e. The third-order valence-corrected chi connectivity index (χ3v) is 5.77. The Hall–Kier alpha value is -3.26. The zero-order chi connectivity index (χ0) is 24.0. The molecule has 0 radical (unpaired) electrons. The minimum absolute atomic E-state index is 0.142. The van der Waals surface area contributed by atoms with Crippen LogP contribution in [0.15, 0.2) is 47.6 Å². The average Bonchev–Trinajstić information content (AvgIpc) is 3.24. The van der Waals surface area contributed by atoms with Crippen LogP contribution < -0.4 is 5.32 Å². The van der Waals surface area contributed by atoms with Crippen molar-refractivity contribution in [3.63, 3.8) is 0 Å². The summed E-state index contributed by atoms with van der Waals surface area (Å²) < 4.78 is 18.6. The second-order valence-corrected chi connectivity index (χ2v) is 8.11. The zero-order valence-corrected chi connectivity index (χ0v) is 19.6. The van der Waals surface area contributed by atoms with Gasteiger partial charge in [0.15, 0.2) is 0 Å². The van der Waals surface area contributed by atoms with Crippen molar-refractivity contribution in [2.75, 3.05) is 33.4 Å². The standard InChI is InChI=1S/C25H31FN4O3/c1-5-27-25(32)29(12-13-33-4)16-24(31)30-23(19-8-10-21(26)11-9-19)15-22(28-30)20-7-6-17(2)18(3)14-20/h6-11,14,23H,5,12-13,15-16H2,1-4H3,(H,27,32). The van der Waals surface area contributed by atoms with Gasteiger partial charge in [0.25, 0.3) is 5.91 Å². The number of methoxy groups -OCH3 is 1. The number of nitrogens with zero attached hydrogens (tertiary/aromatic N) is 3. The maximum atomic E-state index is 13.5. The largest absolute Gasteiger partial charge is 0.383 e. The first kappa shape index (κ1) is 24.4. The number of halogens is 1. The van der Waals surface area contributed by atoms with Crippen LogP contribution >= 0.6 is 0 Å². The van der Waals surface area contributed by atoms with Crippen molar-refractivity contribution in [2.45, 2.75) is 33.2 Å². The van der Waals surface area contributed by atoms with Crippen LogP contribution in [0.5, 0.6) is 0 Å². The van der Waals surface area contributed by atoms with E-state index in [0.29, 0.717) is 19.6 Å². The van der Waals surface area contributed by atoms with Gasteiger partial charge in [-0.2, -0.15) is 5.10 Å². The maximum Gasteiger partial charge on any atom is 0.317 e. The average molecular weight is 455 g/mol. The third kappa shape index (κ3) is 5.96. The first-order valence-corrected chi connectivity index (χ1v) is 11.1. The number of carbonyl (C=O) groups excluding carboxylic acids is 2. The lowest BCUT2D eigenvalue weighted by atomic mass is 9.96. The third-order valence-electron chi connectivity index (χ3n) is 5.77. The number of rotatable bonds is 8. The Balaban J connectivity index is 1.90. The van der Waals surface area contributed by atoms with Gasteiger partial charge in [-0.1, -0.05) is 24.3 Å². The predicted octanol–water partition coefficient (Wildman–Crippen LogP) is 3.80. The van der Waals surface area contributed by atoms with E-state index in [-0.39, 0.29) is 36.9 Å². The van der Waals surface area contributed by atoms with E-state index in [4.69, 9.17) is 4.74 Å². The molecule has 33 heavy (non-hydrogen) atoms. The van der Waals surface area contributed by atoms with Crippen LogP contribution in [0.3, 0.4) is 0 Å². The Morgan fingerprint density at radius 2 is 1.91 bits per heavy atom. The molecule has 1 atom stereocenters. The molecule has 0 spiro atoms. The fourth-order valence-corrected chi connectivity index (χ4v) is 3.73. The highest BCUT2D eigenvalue weighted by atomic mass is 19.1. The molecular weight excluding hydrogens is 423 g/mol. The Kier molecular flexibility index (Phi) is 8.16. The number of hydrogen-bond acceptors (Lipinski definition) is 4. The second-order valence-electron chi connectivity index (χ2n) is 8.11. The SMILES string of the molecule is CCNC(=O)N(CCOC)CC(=O)N1N=C(c2ccc(C)c(C)c2)CC1c1ccc(F)cc1. The summed E-state index contributed by atoms with van der Waals surface area (Å²) in [5.41, 5.74) is 4.83. The molecule has 0 aromatic heterocycles. The van der Waals surface area contributed by atoms with Crippen LogP contribution in [0.2, 0.25) is 0 Å². The molecule has 0 saturated carbocycles. The second kappa shape index (κ2) is 11.0. The molecule has 0 aliphatic carbocycles. The highest BCUT2D eigenvalue weighted by molar-refractivity contribution is 6.03. The number of hydrazone groups is 1. The molecule has 0 saturated heterocycles. The van der Waals surface area contributed by atoms with Crippen LogP contribution in [-0.4, -0.2) is 60.9 Å². The molecular formula is C25H31FN4O3. The van der Waals surface area contributed by atoms with Crippen molar-refractivity contribution in [1.29, 1.82) is 0 Å². The van der Waals surface area contributed by atoms with Gasteiger partial charge >= 0.3 is 6.03 Å². The van der Waals surface area contributed by atoms with Crippen LogP contribution in [-0.2, 0) is 9.53 Å². The van der Waals surface area contributed by atoms with E-state index in [2.05, 4.69) is 16.5 Å². The summed E-state index contributed by atoms with van der Waals surface area (Å²) in [7, 11) is 1.54. The predicted molar refractivity (Wildman–Crippen MR) is 126 cm³/mol. The molecule has 0 fully saturated rings. The first-order chi connectivity index (χ1) is 15.8. The molecule has 1 unspecified atom stereocenters. The highest BCUT2D eigenvalue weighted by Gasteiger charge is 2.34. The lowest BCUT2D eigenvalue weighted by molar-refractivity contribution is -0.133. The van der Waals surface area contributed by atoms with Crippen LogP contribution in [0.4, 0.5) is 9.18 Å². The summed E-state index contributed by atoms with van der Waals surface area (Å²) in [6, 6.07) is 11.5. The molecule has 3 amide bonds. The monoisotopic (exact) mass is 454 g/mol. The number of aryl methyl sites for hydroxylation is 2. The van der Waals surface area contributed by atoms with Crippen molar-refractivity contribution in [1.82, 2.24) is 15.2 Å². The van der Waals surface area contributed by atoms with Crippen molar-refractivity contribution in [3.05, 3.63) is 70.5 Å². The molecule has 2 aromatic rings. The van der Waals surface area contributed by atoms with E-state index in [1.165, 1.54) is 27.6 Å². The summed E-state index contributed by atoms with van der Waals surface area (Å²) in [5.74, 6) is -0.655. The van der Waals surface area contributed by atoms with Gasteiger partial charge in [-0.3, -0.25) is 4.79 Å². The summed E-state index contributed by atoms with van der Waals surface area (Å²) in [4.78, 5) is 27.2. The molecule has 2 aromatic carbocycles. The Morgan fingerprint density at radius 1 is 1.18 bits per heavy atom. The lowest BCUT2D eigenvalue weighted by Gasteiger charge is -2.27. The van der Waals surface area contributed by atoms with Crippen molar-refractivity contribution in [3.8, 4) is 0 Å². The number of amides is 3. The van der Waals surface area contributed by atoms with E-state index in [1.807, 2.05) is 32.9 Å².